The van der Waals surface area contributed by atoms with Gasteiger partial charge in [-0.3, -0.25) is 9.20 Å². The van der Waals surface area contributed by atoms with Gasteiger partial charge < -0.3 is 19.9 Å². The summed E-state index contributed by atoms with van der Waals surface area (Å²) in [5.41, 5.74) is 1.62. The van der Waals surface area contributed by atoms with Crippen molar-refractivity contribution >= 4 is 34.8 Å². The van der Waals surface area contributed by atoms with Crippen LogP contribution in [-0.2, 0) is 6.42 Å². The second kappa shape index (κ2) is 8.40. The molecule has 0 aliphatic rings. The van der Waals surface area contributed by atoms with Crippen LogP contribution < -0.4 is 14.8 Å². The van der Waals surface area contributed by atoms with Crippen LogP contribution in [0.5, 0.6) is 11.5 Å². The van der Waals surface area contributed by atoms with Crippen LogP contribution in [0.1, 0.15) is 40.4 Å². The van der Waals surface area contributed by atoms with Crippen molar-refractivity contribution in [3.63, 3.8) is 0 Å². The minimum Gasteiger partial charge on any atom is -0.496 e. The zero-order chi connectivity index (χ0) is 21.1. The SMILES string of the molecule is CCOc1cccn2c(C(=O)Nc3cc(OC)c(C(=O)O)cc3Cl)c(CC)nc12. The summed E-state index contributed by atoms with van der Waals surface area (Å²) in [6.07, 6.45) is 2.26. The van der Waals surface area contributed by atoms with Crippen LogP contribution in [0, 0.1) is 0 Å². The van der Waals surface area contributed by atoms with Crippen LogP contribution in [-0.4, -0.2) is 40.1 Å². The van der Waals surface area contributed by atoms with Crippen molar-refractivity contribution in [3.8, 4) is 11.5 Å². The quantitative estimate of drug-likeness (QED) is 0.604. The number of amides is 1. The van der Waals surface area contributed by atoms with E-state index in [0.717, 1.165) is 0 Å². The number of hydrogen-bond donors (Lipinski definition) is 2. The van der Waals surface area contributed by atoms with Crippen LogP contribution >= 0.6 is 11.6 Å². The Kier molecular flexibility index (Phi) is 5.93. The highest BCUT2D eigenvalue weighted by Crippen LogP contribution is 2.32. The molecule has 8 nitrogen and oxygen atoms in total. The standard InChI is InChI=1S/C20H20ClN3O5/c1-4-13-17(24-8-6-7-15(29-5-2)18(24)22-13)19(25)23-14-10-16(28-3)11(20(26)27)9-12(14)21/h6-10H,4-5H2,1-3H3,(H,23,25)(H,26,27). The molecule has 0 aliphatic heterocycles. The average molecular weight is 418 g/mol. The van der Waals surface area contributed by atoms with Gasteiger partial charge in [0.25, 0.3) is 5.91 Å². The normalized spacial score (nSPS) is 10.8. The van der Waals surface area contributed by atoms with E-state index in [0.29, 0.717) is 35.8 Å². The third kappa shape index (κ3) is 3.84. The molecule has 9 heteroatoms. The maximum absolute atomic E-state index is 13.1. The number of carboxylic acid groups (broad SMARTS) is 1. The molecular formula is C20H20ClN3O5. The Balaban J connectivity index is 2.05. The van der Waals surface area contributed by atoms with Gasteiger partial charge in [-0.1, -0.05) is 18.5 Å². The number of benzene rings is 1. The van der Waals surface area contributed by atoms with Gasteiger partial charge in [0.05, 0.1) is 30.1 Å². The number of aromatic nitrogens is 2. The highest BCUT2D eigenvalue weighted by atomic mass is 35.5. The summed E-state index contributed by atoms with van der Waals surface area (Å²) in [5.74, 6) is -0.950. The molecule has 0 aliphatic carbocycles. The number of carbonyl (C=O) groups excluding carboxylic acids is 1. The predicted octanol–water partition coefficient (Wildman–Crippen LogP) is 3.91. The Morgan fingerprint density at radius 1 is 1.28 bits per heavy atom. The number of pyridine rings is 1. The number of imidazole rings is 1. The smallest absolute Gasteiger partial charge is 0.339 e. The van der Waals surface area contributed by atoms with Gasteiger partial charge in [0.1, 0.15) is 17.0 Å². The lowest BCUT2D eigenvalue weighted by Gasteiger charge is -2.12. The minimum atomic E-state index is -1.18. The van der Waals surface area contributed by atoms with Crippen molar-refractivity contribution in [1.82, 2.24) is 9.38 Å². The fraction of sp³-hybridized carbons (Fsp3) is 0.250. The molecule has 1 amide bonds. The van der Waals surface area contributed by atoms with E-state index in [9.17, 15) is 14.7 Å². The molecule has 0 bridgehead atoms. The summed E-state index contributed by atoms with van der Waals surface area (Å²) in [7, 11) is 1.34. The summed E-state index contributed by atoms with van der Waals surface area (Å²) in [6, 6.07) is 6.18. The maximum atomic E-state index is 13.1. The Bertz CT molecular complexity index is 1090. The summed E-state index contributed by atoms with van der Waals surface area (Å²) in [6.45, 7) is 4.24. The molecule has 152 valence electrons. The highest BCUT2D eigenvalue weighted by molar-refractivity contribution is 6.34. The molecule has 0 saturated heterocycles. The number of hydrogen-bond acceptors (Lipinski definition) is 5. The number of nitrogens with zero attached hydrogens (tertiary/aromatic N) is 2. The Morgan fingerprint density at radius 2 is 2.03 bits per heavy atom. The molecule has 0 saturated carbocycles. The van der Waals surface area contributed by atoms with E-state index < -0.39 is 11.9 Å². The Labute approximate surface area is 172 Å². The number of halogens is 1. The van der Waals surface area contributed by atoms with Crippen LogP contribution in [0.3, 0.4) is 0 Å². The van der Waals surface area contributed by atoms with Crippen molar-refractivity contribution in [1.29, 1.82) is 0 Å². The lowest BCUT2D eigenvalue weighted by molar-refractivity contribution is 0.0693. The van der Waals surface area contributed by atoms with E-state index in [2.05, 4.69) is 10.3 Å². The van der Waals surface area contributed by atoms with Crippen LogP contribution in [0.15, 0.2) is 30.5 Å². The van der Waals surface area contributed by atoms with Gasteiger partial charge in [-0.15, -0.1) is 0 Å². The molecule has 3 aromatic rings. The summed E-state index contributed by atoms with van der Waals surface area (Å²) in [4.78, 5) is 28.9. The van der Waals surface area contributed by atoms with Gasteiger partial charge in [-0.2, -0.15) is 0 Å². The largest absolute Gasteiger partial charge is 0.496 e. The molecule has 3 rings (SSSR count). The number of anilines is 1. The topological polar surface area (TPSA) is 102 Å². The minimum absolute atomic E-state index is 0.0819. The molecule has 2 aromatic heterocycles. The van der Waals surface area contributed by atoms with E-state index in [4.69, 9.17) is 21.1 Å². The second-order valence-corrected chi connectivity index (χ2v) is 6.46. The molecule has 0 spiro atoms. The fourth-order valence-corrected chi connectivity index (χ4v) is 3.22. The molecule has 0 unspecified atom stereocenters. The molecule has 1 aromatic carbocycles. The zero-order valence-electron chi connectivity index (χ0n) is 16.2. The number of rotatable bonds is 7. The lowest BCUT2D eigenvalue weighted by atomic mass is 10.1. The van der Waals surface area contributed by atoms with Gasteiger partial charge in [0.15, 0.2) is 11.4 Å². The molecule has 29 heavy (non-hydrogen) atoms. The molecule has 2 heterocycles. The lowest BCUT2D eigenvalue weighted by Crippen LogP contribution is -2.17. The van der Waals surface area contributed by atoms with E-state index in [1.807, 2.05) is 13.8 Å². The van der Waals surface area contributed by atoms with Crippen molar-refractivity contribution in [2.24, 2.45) is 0 Å². The third-order valence-corrected chi connectivity index (χ3v) is 4.62. The van der Waals surface area contributed by atoms with E-state index in [-0.39, 0.29) is 22.0 Å². The predicted molar refractivity (Wildman–Crippen MR) is 109 cm³/mol. The highest BCUT2D eigenvalue weighted by Gasteiger charge is 2.22. The molecule has 0 radical (unpaired) electrons. The number of ether oxygens (including phenoxy) is 2. The monoisotopic (exact) mass is 417 g/mol. The number of methoxy groups -OCH3 is 1. The van der Waals surface area contributed by atoms with Gasteiger partial charge >= 0.3 is 5.97 Å². The first-order chi connectivity index (χ1) is 13.9. The van der Waals surface area contributed by atoms with E-state index in [1.54, 1.807) is 22.7 Å². The van der Waals surface area contributed by atoms with Gasteiger partial charge in [0.2, 0.25) is 0 Å². The average Bonchev–Trinajstić information content (AvgIpc) is 3.09. The summed E-state index contributed by atoms with van der Waals surface area (Å²) >= 11 is 6.19. The number of aryl methyl sites for hydroxylation is 1. The van der Waals surface area contributed by atoms with Crippen molar-refractivity contribution in [3.05, 3.63) is 52.4 Å². The van der Waals surface area contributed by atoms with Crippen LogP contribution in [0.25, 0.3) is 5.65 Å². The summed E-state index contributed by atoms with van der Waals surface area (Å²) in [5, 5.41) is 12.1. The molecular weight excluding hydrogens is 398 g/mol. The van der Waals surface area contributed by atoms with E-state index in [1.165, 1.54) is 19.2 Å². The van der Waals surface area contributed by atoms with Gasteiger partial charge in [0, 0.05) is 12.3 Å². The number of carbonyl (C=O) groups is 2. The molecule has 2 N–H and O–H groups in total. The Hall–Kier alpha value is -3.26. The number of fused-ring (bicyclic) bond motifs is 1. The second-order valence-electron chi connectivity index (χ2n) is 6.05. The van der Waals surface area contributed by atoms with Gasteiger partial charge in [-0.25, -0.2) is 9.78 Å². The van der Waals surface area contributed by atoms with Crippen molar-refractivity contribution < 1.29 is 24.2 Å². The van der Waals surface area contributed by atoms with Crippen LogP contribution in [0.2, 0.25) is 5.02 Å². The first kappa shape index (κ1) is 20.5. The van der Waals surface area contributed by atoms with Crippen molar-refractivity contribution in [2.75, 3.05) is 19.0 Å². The first-order valence-electron chi connectivity index (χ1n) is 8.96. The maximum Gasteiger partial charge on any atom is 0.339 e. The molecule has 0 atom stereocenters. The third-order valence-electron chi connectivity index (χ3n) is 4.30. The van der Waals surface area contributed by atoms with Crippen LogP contribution in [0.4, 0.5) is 5.69 Å². The van der Waals surface area contributed by atoms with E-state index >= 15 is 0 Å². The Morgan fingerprint density at radius 3 is 2.66 bits per heavy atom. The fourth-order valence-electron chi connectivity index (χ4n) is 3.01. The number of nitrogens with one attached hydrogen (secondary N) is 1. The summed E-state index contributed by atoms with van der Waals surface area (Å²) < 4.78 is 12.4. The first-order valence-corrected chi connectivity index (χ1v) is 9.33. The molecule has 0 fully saturated rings. The zero-order valence-corrected chi connectivity index (χ0v) is 16.9. The number of aromatic carboxylic acids is 1. The van der Waals surface area contributed by atoms with Gasteiger partial charge in [-0.05, 0) is 31.5 Å². The number of carboxylic acids is 1. The van der Waals surface area contributed by atoms with Crippen molar-refractivity contribution in [2.45, 2.75) is 20.3 Å².